The van der Waals surface area contributed by atoms with E-state index in [4.69, 9.17) is 4.74 Å². The highest BCUT2D eigenvalue weighted by Crippen LogP contribution is 2.30. The SMILES string of the molecule is CN=C(NCCCCn1ccnc1C)NC(C)c1ccc(OCC2CC2)c(F)c1.I. The lowest BCUT2D eigenvalue weighted by molar-refractivity contribution is 0.285. The number of rotatable bonds is 10. The van der Waals surface area contributed by atoms with Crippen molar-refractivity contribution in [2.75, 3.05) is 20.2 Å². The number of ether oxygens (including phenoxy) is 1. The third kappa shape index (κ3) is 7.45. The lowest BCUT2D eigenvalue weighted by Crippen LogP contribution is -2.39. The number of hydrogen-bond acceptors (Lipinski definition) is 3. The van der Waals surface area contributed by atoms with Crippen LogP contribution in [0.15, 0.2) is 35.6 Å². The zero-order valence-electron chi connectivity index (χ0n) is 18.0. The number of aromatic nitrogens is 2. The second-order valence-electron chi connectivity index (χ2n) is 7.68. The van der Waals surface area contributed by atoms with Crippen LogP contribution in [0.25, 0.3) is 0 Å². The van der Waals surface area contributed by atoms with Crippen LogP contribution in [0.5, 0.6) is 5.75 Å². The first-order valence-electron chi connectivity index (χ1n) is 10.4. The number of nitrogens with one attached hydrogen (secondary N) is 2. The number of aryl methyl sites for hydroxylation is 2. The Balaban J connectivity index is 0.00000320. The number of hydrogen-bond donors (Lipinski definition) is 2. The van der Waals surface area contributed by atoms with Gasteiger partial charge in [0, 0.05) is 32.5 Å². The van der Waals surface area contributed by atoms with E-state index in [0.717, 1.165) is 37.3 Å². The maximum Gasteiger partial charge on any atom is 0.191 e. The minimum Gasteiger partial charge on any atom is -0.490 e. The highest BCUT2D eigenvalue weighted by Gasteiger charge is 2.22. The van der Waals surface area contributed by atoms with Gasteiger partial charge in [-0.25, -0.2) is 9.37 Å². The molecule has 6 nitrogen and oxygen atoms in total. The zero-order valence-corrected chi connectivity index (χ0v) is 20.4. The molecule has 0 aliphatic heterocycles. The highest BCUT2D eigenvalue weighted by atomic mass is 127. The molecule has 2 N–H and O–H groups in total. The average Bonchev–Trinajstić information content (AvgIpc) is 3.46. The van der Waals surface area contributed by atoms with Crippen LogP contribution in [0.1, 0.15) is 50.0 Å². The van der Waals surface area contributed by atoms with Gasteiger partial charge in [-0.1, -0.05) is 6.07 Å². The molecule has 0 amide bonds. The molecule has 3 rings (SSSR count). The van der Waals surface area contributed by atoms with E-state index in [1.54, 1.807) is 19.2 Å². The lowest BCUT2D eigenvalue weighted by atomic mass is 10.1. The molecule has 1 aromatic heterocycles. The topological polar surface area (TPSA) is 63.5 Å². The molecule has 1 unspecified atom stereocenters. The van der Waals surface area contributed by atoms with Gasteiger partial charge in [0.2, 0.25) is 0 Å². The Hall–Kier alpha value is -1.84. The van der Waals surface area contributed by atoms with Crippen LogP contribution in [0.2, 0.25) is 0 Å². The van der Waals surface area contributed by atoms with Gasteiger partial charge in [0.15, 0.2) is 17.5 Å². The predicted molar refractivity (Wildman–Crippen MR) is 129 cm³/mol. The van der Waals surface area contributed by atoms with Gasteiger partial charge in [-0.15, -0.1) is 24.0 Å². The standard InChI is InChI=1S/C22H32FN5O.HI/c1-16(19-8-9-21(20(23)14-19)29-15-18-6-7-18)27-22(24-3)26-10-4-5-12-28-13-11-25-17(28)2;/h8-9,11,13-14,16,18H,4-7,10,12,15H2,1-3H3,(H2,24,26,27);1H. The van der Waals surface area contributed by atoms with Gasteiger partial charge in [0.05, 0.1) is 12.6 Å². The second-order valence-corrected chi connectivity index (χ2v) is 7.68. The summed E-state index contributed by atoms with van der Waals surface area (Å²) < 4.78 is 22.1. The van der Waals surface area contributed by atoms with E-state index >= 15 is 0 Å². The Labute approximate surface area is 195 Å². The van der Waals surface area contributed by atoms with Crippen LogP contribution in [-0.4, -0.2) is 35.7 Å². The molecule has 1 aliphatic carbocycles. The molecule has 2 aromatic rings. The summed E-state index contributed by atoms with van der Waals surface area (Å²) in [6, 6.07) is 5.10. The lowest BCUT2D eigenvalue weighted by Gasteiger charge is -2.19. The molecule has 1 heterocycles. The van der Waals surface area contributed by atoms with Crippen molar-refractivity contribution >= 4 is 29.9 Å². The molecule has 1 fully saturated rings. The second kappa shape index (κ2) is 12.1. The van der Waals surface area contributed by atoms with Crippen LogP contribution >= 0.6 is 24.0 Å². The summed E-state index contributed by atoms with van der Waals surface area (Å²) in [6.07, 6.45) is 8.30. The summed E-state index contributed by atoms with van der Waals surface area (Å²) in [5.74, 6) is 2.39. The van der Waals surface area contributed by atoms with Crippen LogP contribution < -0.4 is 15.4 Å². The molecular formula is C22H33FIN5O. The normalized spacial score (nSPS) is 14.7. The summed E-state index contributed by atoms with van der Waals surface area (Å²) >= 11 is 0. The van der Waals surface area contributed by atoms with Crippen molar-refractivity contribution < 1.29 is 9.13 Å². The van der Waals surface area contributed by atoms with Gasteiger partial charge < -0.3 is 19.9 Å². The van der Waals surface area contributed by atoms with E-state index in [9.17, 15) is 4.39 Å². The Morgan fingerprint density at radius 2 is 2.17 bits per heavy atom. The highest BCUT2D eigenvalue weighted by molar-refractivity contribution is 14.0. The predicted octanol–water partition coefficient (Wildman–Crippen LogP) is 4.44. The molecule has 8 heteroatoms. The number of guanidine groups is 1. The minimum atomic E-state index is -0.311. The van der Waals surface area contributed by atoms with E-state index in [2.05, 4.69) is 25.2 Å². The van der Waals surface area contributed by atoms with E-state index in [1.807, 2.05) is 32.3 Å². The molecular weight excluding hydrogens is 496 g/mol. The van der Waals surface area contributed by atoms with Crippen LogP contribution in [0, 0.1) is 18.7 Å². The fourth-order valence-corrected chi connectivity index (χ4v) is 3.13. The Kier molecular flexibility index (Phi) is 9.87. The summed E-state index contributed by atoms with van der Waals surface area (Å²) in [5, 5.41) is 6.65. The maximum absolute atomic E-state index is 14.3. The molecule has 1 aromatic carbocycles. The summed E-state index contributed by atoms with van der Waals surface area (Å²) in [7, 11) is 1.74. The molecule has 30 heavy (non-hydrogen) atoms. The van der Waals surface area contributed by atoms with Crippen molar-refractivity contribution in [3.8, 4) is 5.75 Å². The van der Waals surface area contributed by atoms with E-state index in [0.29, 0.717) is 24.2 Å². The molecule has 166 valence electrons. The first-order chi connectivity index (χ1) is 14.1. The molecule has 1 saturated carbocycles. The van der Waals surface area contributed by atoms with E-state index in [1.165, 1.54) is 12.8 Å². The minimum absolute atomic E-state index is 0. The molecule has 1 aliphatic rings. The first kappa shape index (κ1) is 24.4. The van der Waals surface area contributed by atoms with Crippen LogP contribution in [-0.2, 0) is 6.54 Å². The number of aliphatic imine (C=N–C) groups is 1. The van der Waals surface area contributed by atoms with Crippen molar-refractivity contribution in [3.63, 3.8) is 0 Å². The van der Waals surface area contributed by atoms with Gasteiger partial charge in [-0.3, -0.25) is 4.99 Å². The van der Waals surface area contributed by atoms with E-state index < -0.39 is 0 Å². The van der Waals surface area contributed by atoms with E-state index in [-0.39, 0.29) is 35.8 Å². The summed E-state index contributed by atoms with van der Waals surface area (Å²) in [4.78, 5) is 8.51. The zero-order chi connectivity index (χ0) is 20.6. The van der Waals surface area contributed by atoms with Crippen molar-refractivity contribution in [1.29, 1.82) is 0 Å². The molecule has 0 saturated heterocycles. The average molecular weight is 529 g/mol. The quantitative estimate of drug-likeness (QED) is 0.207. The Bertz CT molecular complexity index is 822. The van der Waals surface area contributed by atoms with Crippen molar-refractivity contribution in [1.82, 2.24) is 20.2 Å². The summed E-state index contributed by atoms with van der Waals surface area (Å²) in [6.45, 7) is 6.40. The Morgan fingerprint density at radius 1 is 1.37 bits per heavy atom. The number of halogens is 2. The van der Waals surface area contributed by atoms with Gasteiger partial charge in [0.1, 0.15) is 5.82 Å². The monoisotopic (exact) mass is 529 g/mol. The van der Waals surface area contributed by atoms with Crippen LogP contribution in [0.4, 0.5) is 4.39 Å². The number of imidazole rings is 1. The molecule has 0 spiro atoms. The fraction of sp³-hybridized carbons (Fsp3) is 0.545. The molecule has 1 atom stereocenters. The van der Waals surface area contributed by atoms with Crippen LogP contribution in [0.3, 0.4) is 0 Å². The maximum atomic E-state index is 14.3. The molecule has 0 radical (unpaired) electrons. The third-order valence-corrected chi connectivity index (χ3v) is 5.25. The van der Waals surface area contributed by atoms with Gasteiger partial charge in [-0.2, -0.15) is 0 Å². The smallest absolute Gasteiger partial charge is 0.191 e. The van der Waals surface area contributed by atoms with Crippen molar-refractivity contribution in [3.05, 3.63) is 47.8 Å². The summed E-state index contributed by atoms with van der Waals surface area (Å²) in [5.41, 5.74) is 0.861. The number of benzene rings is 1. The van der Waals surface area contributed by atoms with Gasteiger partial charge >= 0.3 is 0 Å². The first-order valence-corrected chi connectivity index (χ1v) is 10.4. The van der Waals surface area contributed by atoms with Crippen molar-refractivity contribution in [2.24, 2.45) is 10.9 Å². The third-order valence-electron chi connectivity index (χ3n) is 5.25. The Morgan fingerprint density at radius 3 is 2.80 bits per heavy atom. The fourth-order valence-electron chi connectivity index (χ4n) is 3.13. The number of nitrogens with zero attached hydrogens (tertiary/aromatic N) is 3. The van der Waals surface area contributed by atoms with Gasteiger partial charge in [-0.05, 0) is 63.1 Å². The molecule has 0 bridgehead atoms. The van der Waals surface area contributed by atoms with Crippen molar-refractivity contribution in [2.45, 2.75) is 52.1 Å². The number of unbranched alkanes of at least 4 members (excludes halogenated alkanes) is 1. The largest absolute Gasteiger partial charge is 0.490 e. The van der Waals surface area contributed by atoms with Gasteiger partial charge in [0.25, 0.3) is 0 Å².